The standard InChI is InChI=1S/C14H20N2/c1-4-14(2,3)10-9-13-15-11-7-5-6-8-12(11)16-13/h5-8H,4,9-10H2,1-3H3,(H,15,16). The number of nitrogens with one attached hydrogen (secondary N) is 1. The summed E-state index contributed by atoms with van der Waals surface area (Å²) in [7, 11) is 0. The number of H-pyrrole nitrogens is 1. The molecule has 0 unspecified atom stereocenters. The Kier molecular flexibility index (Phi) is 2.99. The van der Waals surface area contributed by atoms with Gasteiger partial charge in [-0.05, 0) is 24.0 Å². The molecule has 0 bridgehead atoms. The highest BCUT2D eigenvalue weighted by molar-refractivity contribution is 5.74. The van der Waals surface area contributed by atoms with Crippen molar-refractivity contribution in [3.8, 4) is 0 Å². The first-order valence-corrected chi connectivity index (χ1v) is 6.04. The summed E-state index contributed by atoms with van der Waals surface area (Å²) in [5, 5.41) is 0. The summed E-state index contributed by atoms with van der Waals surface area (Å²) in [6, 6.07) is 8.21. The Bertz CT molecular complexity index is 435. The van der Waals surface area contributed by atoms with Crippen molar-refractivity contribution in [2.45, 2.75) is 40.0 Å². The smallest absolute Gasteiger partial charge is 0.107 e. The van der Waals surface area contributed by atoms with Crippen molar-refractivity contribution < 1.29 is 0 Å². The van der Waals surface area contributed by atoms with Gasteiger partial charge in [-0.3, -0.25) is 0 Å². The van der Waals surface area contributed by atoms with Crippen LogP contribution in [0.15, 0.2) is 24.3 Å². The van der Waals surface area contributed by atoms with Crippen molar-refractivity contribution >= 4 is 11.0 Å². The van der Waals surface area contributed by atoms with Crippen molar-refractivity contribution in [3.63, 3.8) is 0 Å². The molecule has 0 saturated carbocycles. The molecule has 1 aromatic carbocycles. The van der Waals surface area contributed by atoms with Crippen LogP contribution in [-0.2, 0) is 6.42 Å². The van der Waals surface area contributed by atoms with Gasteiger partial charge in [0.15, 0.2) is 0 Å². The number of benzene rings is 1. The first-order chi connectivity index (χ1) is 7.61. The number of hydrogen-bond acceptors (Lipinski definition) is 1. The quantitative estimate of drug-likeness (QED) is 0.824. The molecule has 1 aromatic heterocycles. The van der Waals surface area contributed by atoms with Crippen molar-refractivity contribution in [2.75, 3.05) is 0 Å². The van der Waals surface area contributed by atoms with Gasteiger partial charge in [0, 0.05) is 6.42 Å². The lowest BCUT2D eigenvalue weighted by Gasteiger charge is -2.21. The average molecular weight is 216 g/mol. The topological polar surface area (TPSA) is 28.7 Å². The van der Waals surface area contributed by atoms with Gasteiger partial charge < -0.3 is 4.98 Å². The second kappa shape index (κ2) is 4.28. The molecule has 2 heteroatoms. The second-order valence-electron chi connectivity index (χ2n) is 5.22. The lowest BCUT2D eigenvalue weighted by molar-refractivity contribution is 0.320. The zero-order chi connectivity index (χ0) is 11.6. The molecular weight excluding hydrogens is 196 g/mol. The first-order valence-electron chi connectivity index (χ1n) is 6.04. The fourth-order valence-electron chi connectivity index (χ4n) is 1.76. The molecule has 0 fully saturated rings. The Morgan fingerprint density at radius 1 is 1.25 bits per heavy atom. The van der Waals surface area contributed by atoms with Crippen LogP contribution in [0.2, 0.25) is 0 Å². The predicted octanol–water partition coefficient (Wildman–Crippen LogP) is 3.93. The minimum absolute atomic E-state index is 0.416. The minimum Gasteiger partial charge on any atom is -0.342 e. The Morgan fingerprint density at radius 3 is 2.69 bits per heavy atom. The first kappa shape index (κ1) is 11.2. The molecule has 86 valence electrons. The number of imidazole rings is 1. The maximum atomic E-state index is 4.59. The molecule has 0 amide bonds. The van der Waals surface area contributed by atoms with Gasteiger partial charge in [0.25, 0.3) is 0 Å². The van der Waals surface area contributed by atoms with Crippen molar-refractivity contribution in [1.82, 2.24) is 9.97 Å². The number of nitrogens with zero attached hydrogens (tertiary/aromatic N) is 1. The van der Waals surface area contributed by atoms with Crippen LogP contribution < -0.4 is 0 Å². The third kappa shape index (κ3) is 2.43. The van der Waals surface area contributed by atoms with E-state index < -0.39 is 0 Å². The predicted molar refractivity (Wildman–Crippen MR) is 68.5 cm³/mol. The fraction of sp³-hybridized carbons (Fsp3) is 0.500. The van der Waals surface area contributed by atoms with E-state index >= 15 is 0 Å². The number of aryl methyl sites for hydroxylation is 1. The molecule has 2 nitrogen and oxygen atoms in total. The minimum atomic E-state index is 0.416. The highest BCUT2D eigenvalue weighted by Gasteiger charge is 2.15. The van der Waals surface area contributed by atoms with E-state index in [1.807, 2.05) is 12.1 Å². The normalized spacial score (nSPS) is 12.2. The van der Waals surface area contributed by atoms with Crippen LogP contribution in [0.25, 0.3) is 11.0 Å². The van der Waals surface area contributed by atoms with E-state index in [1.165, 1.54) is 12.8 Å². The number of para-hydroxylation sites is 2. The lowest BCUT2D eigenvalue weighted by Crippen LogP contribution is -2.11. The SMILES string of the molecule is CCC(C)(C)CCc1nc2ccccc2[nH]1. The number of rotatable bonds is 4. The number of fused-ring (bicyclic) bond motifs is 1. The van der Waals surface area contributed by atoms with Crippen molar-refractivity contribution in [3.05, 3.63) is 30.1 Å². The molecule has 0 spiro atoms. The summed E-state index contributed by atoms with van der Waals surface area (Å²) in [5.74, 6) is 1.11. The molecule has 2 rings (SSSR count). The van der Waals surface area contributed by atoms with Crippen molar-refractivity contribution in [2.24, 2.45) is 5.41 Å². The fourth-order valence-corrected chi connectivity index (χ4v) is 1.76. The molecule has 0 aliphatic rings. The summed E-state index contributed by atoms with van der Waals surface area (Å²) < 4.78 is 0. The van der Waals surface area contributed by atoms with E-state index in [0.29, 0.717) is 5.41 Å². The van der Waals surface area contributed by atoms with Gasteiger partial charge in [0.1, 0.15) is 5.82 Å². The monoisotopic (exact) mass is 216 g/mol. The van der Waals surface area contributed by atoms with E-state index in [1.54, 1.807) is 0 Å². The summed E-state index contributed by atoms with van der Waals surface area (Å²) in [6.07, 6.45) is 3.44. The summed E-state index contributed by atoms with van der Waals surface area (Å²) in [6.45, 7) is 6.88. The summed E-state index contributed by atoms with van der Waals surface area (Å²) in [4.78, 5) is 7.98. The van der Waals surface area contributed by atoms with Crippen LogP contribution in [0, 0.1) is 5.41 Å². The van der Waals surface area contributed by atoms with Gasteiger partial charge in [-0.1, -0.05) is 39.3 Å². The zero-order valence-electron chi connectivity index (χ0n) is 10.4. The molecule has 0 atom stereocenters. The van der Waals surface area contributed by atoms with E-state index in [-0.39, 0.29) is 0 Å². The molecule has 0 aliphatic carbocycles. The van der Waals surface area contributed by atoms with Gasteiger partial charge in [0.05, 0.1) is 11.0 Å². The molecular formula is C14H20N2. The van der Waals surface area contributed by atoms with Crippen LogP contribution in [0.3, 0.4) is 0 Å². The summed E-state index contributed by atoms with van der Waals surface area (Å²) >= 11 is 0. The third-order valence-electron chi connectivity index (χ3n) is 3.43. The number of aromatic amines is 1. The van der Waals surface area contributed by atoms with E-state index in [9.17, 15) is 0 Å². The Morgan fingerprint density at radius 2 is 2.00 bits per heavy atom. The number of hydrogen-bond donors (Lipinski definition) is 1. The van der Waals surface area contributed by atoms with Crippen LogP contribution >= 0.6 is 0 Å². The molecule has 0 aliphatic heterocycles. The third-order valence-corrected chi connectivity index (χ3v) is 3.43. The zero-order valence-corrected chi connectivity index (χ0v) is 10.4. The largest absolute Gasteiger partial charge is 0.342 e. The van der Waals surface area contributed by atoms with Gasteiger partial charge in [-0.2, -0.15) is 0 Å². The van der Waals surface area contributed by atoms with Gasteiger partial charge >= 0.3 is 0 Å². The second-order valence-corrected chi connectivity index (χ2v) is 5.22. The molecule has 1 N–H and O–H groups in total. The maximum Gasteiger partial charge on any atom is 0.107 e. The molecule has 0 saturated heterocycles. The lowest BCUT2D eigenvalue weighted by atomic mass is 9.85. The van der Waals surface area contributed by atoms with E-state index in [4.69, 9.17) is 0 Å². The molecule has 0 radical (unpaired) electrons. The molecule has 2 aromatic rings. The van der Waals surface area contributed by atoms with Crippen LogP contribution in [-0.4, -0.2) is 9.97 Å². The average Bonchev–Trinajstić information content (AvgIpc) is 2.69. The Balaban J connectivity index is 2.10. The maximum absolute atomic E-state index is 4.59. The molecule has 16 heavy (non-hydrogen) atoms. The highest BCUT2D eigenvalue weighted by atomic mass is 14.9. The van der Waals surface area contributed by atoms with E-state index in [0.717, 1.165) is 23.3 Å². The van der Waals surface area contributed by atoms with Crippen LogP contribution in [0.1, 0.15) is 39.4 Å². The highest BCUT2D eigenvalue weighted by Crippen LogP contribution is 2.26. The van der Waals surface area contributed by atoms with Gasteiger partial charge in [0.2, 0.25) is 0 Å². The van der Waals surface area contributed by atoms with E-state index in [2.05, 4.69) is 42.9 Å². The van der Waals surface area contributed by atoms with Crippen LogP contribution in [0.4, 0.5) is 0 Å². The molecule has 1 heterocycles. The Hall–Kier alpha value is -1.31. The van der Waals surface area contributed by atoms with Crippen molar-refractivity contribution in [1.29, 1.82) is 0 Å². The van der Waals surface area contributed by atoms with Crippen LogP contribution in [0.5, 0.6) is 0 Å². The van der Waals surface area contributed by atoms with Gasteiger partial charge in [-0.25, -0.2) is 4.98 Å². The van der Waals surface area contributed by atoms with Gasteiger partial charge in [-0.15, -0.1) is 0 Å². The summed E-state index contributed by atoms with van der Waals surface area (Å²) in [5.41, 5.74) is 2.64. The Labute approximate surface area is 97.1 Å². The number of aromatic nitrogens is 2.